The lowest BCUT2D eigenvalue weighted by atomic mass is 9.95. The molecule has 1 aromatic carbocycles. The number of likely N-dealkylation sites (tertiary alicyclic amines) is 1. The van der Waals surface area contributed by atoms with Crippen molar-refractivity contribution in [1.29, 1.82) is 0 Å². The Labute approximate surface area is 157 Å². The molecule has 2 atom stereocenters. The van der Waals surface area contributed by atoms with E-state index in [-0.39, 0.29) is 11.2 Å². The molecule has 0 saturated carbocycles. The highest BCUT2D eigenvalue weighted by Gasteiger charge is 2.50. The topological polar surface area (TPSA) is 50.3 Å². The van der Waals surface area contributed by atoms with Gasteiger partial charge in [0, 0.05) is 37.9 Å². The van der Waals surface area contributed by atoms with Crippen LogP contribution in [0.3, 0.4) is 0 Å². The van der Waals surface area contributed by atoms with Crippen LogP contribution in [0.2, 0.25) is 0 Å². The lowest BCUT2D eigenvalue weighted by molar-refractivity contribution is 0.326. The van der Waals surface area contributed by atoms with E-state index in [2.05, 4.69) is 32.8 Å². The molecule has 4 nitrogen and oxygen atoms in total. The first-order chi connectivity index (χ1) is 12.6. The molecular weight excluding hydrogens is 364 g/mol. The standard InChI is InChI=1S/C20H18N2O2S2/c23-26(24)19-2-1-16(15-3-6-21-7-4-15)9-17(19)18-11-22(12-20(18)26)10-14-5-8-25-13-14/h1-9,13,18,20H,10-12H2/t18-,20-/m1/s1. The van der Waals surface area contributed by atoms with Crippen molar-refractivity contribution in [3.8, 4) is 11.1 Å². The Balaban J connectivity index is 1.51. The molecule has 6 heteroatoms. The van der Waals surface area contributed by atoms with Crippen molar-refractivity contribution in [3.63, 3.8) is 0 Å². The average Bonchev–Trinajstić information content (AvgIpc) is 3.36. The van der Waals surface area contributed by atoms with Crippen molar-refractivity contribution in [2.75, 3.05) is 13.1 Å². The minimum Gasteiger partial charge on any atom is -0.297 e. The average molecular weight is 383 g/mol. The first kappa shape index (κ1) is 16.2. The molecule has 2 aliphatic heterocycles. The minimum absolute atomic E-state index is 0.0652. The highest BCUT2D eigenvalue weighted by atomic mass is 32.2. The number of aromatic nitrogens is 1. The zero-order valence-corrected chi connectivity index (χ0v) is 15.7. The fraction of sp³-hybridized carbons (Fsp3) is 0.250. The molecule has 3 aromatic rings. The molecule has 0 radical (unpaired) electrons. The fourth-order valence-corrected chi connectivity index (χ4v) is 7.07. The smallest absolute Gasteiger partial charge is 0.183 e. The molecule has 0 unspecified atom stereocenters. The van der Waals surface area contributed by atoms with Crippen LogP contribution in [0.5, 0.6) is 0 Å². The van der Waals surface area contributed by atoms with E-state index in [4.69, 9.17) is 0 Å². The number of benzene rings is 1. The molecule has 0 bridgehead atoms. The molecule has 1 fully saturated rings. The molecule has 2 aromatic heterocycles. The Morgan fingerprint density at radius 2 is 1.92 bits per heavy atom. The van der Waals surface area contributed by atoms with Gasteiger partial charge in [-0.1, -0.05) is 6.07 Å². The summed E-state index contributed by atoms with van der Waals surface area (Å²) in [6.45, 7) is 2.24. The maximum atomic E-state index is 13.0. The van der Waals surface area contributed by atoms with Crippen LogP contribution in [0.4, 0.5) is 0 Å². The van der Waals surface area contributed by atoms with Crippen LogP contribution in [-0.2, 0) is 16.4 Å². The monoisotopic (exact) mass is 382 g/mol. The second kappa shape index (κ2) is 6.01. The van der Waals surface area contributed by atoms with E-state index in [0.717, 1.165) is 29.8 Å². The molecule has 0 aliphatic carbocycles. The number of fused-ring (bicyclic) bond motifs is 3. The molecule has 2 aliphatic rings. The molecule has 4 heterocycles. The van der Waals surface area contributed by atoms with Gasteiger partial charge in [-0.25, -0.2) is 8.42 Å². The zero-order valence-electron chi connectivity index (χ0n) is 14.1. The third-order valence-corrected chi connectivity index (χ3v) is 8.45. The largest absolute Gasteiger partial charge is 0.297 e. The van der Waals surface area contributed by atoms with E-state index >= 15 is 0 Å². The summed E-state index contributed by atoms with van der Waals surface area (Å²) in [7, 11) is -3.25. The maximum absolute atomic E-state index is 13.0. The molecule has 0 amide bonds. The number of nitrogens with zero attached hydrogens (tertiary/aromatic N) is 2. The Kier molecular flexibility index (Phi) is 3.74. The quantitative estimate of drug-likeness (QED) is 0.695. The van der Waals surface area contributed by atoms with E-state index in [1.165, 1.54) is 5.56 Å². The maximum Gasteiger partial charge on any atom is 0.183 e. The van der Waals surface area contributed by atoms with Crippen molar-refractivity contribution in [1.82, 2.24) is 9.88 Å². The van der Waals surface area contributed by atoms with Crippen molar-refractivity contribution >= 4 is 21.2 Å². The number of hydrogen-bond donors (Lipinski definition) is 0. The van der Waals surface area contributed by atoms with Gasteiger partial charge in [0.25, 0.3) is 0 Å². The molecule has 26 heavy (non-hydrogen) atoms. The number of sulfone groups is 1. The van der Waals surface area contributed by atoms with Crippen molar-refractivity contribution in [2.45, 2.75) is 22.6 Å². The Morgan fingerprint density at radius 1 is 1.08 bits per heavy atom. The summed E-state index contributed by atoms with van der Waals surface area (Å²) in [5.41, 5.74) is 4.37. The number of thiophene rings is 1. The molecule has 1 saturated heterocycles. The van der Waals surface area contributed by atoms with Crippen molar-refractivity contribution < 1.29 is 8.42 Å². The van der Waals surface area contributed by atoms with E-state index in [0.29, 0.717) is 11.4 Å². The van der Waals surface area contributed by atoms with Crippen LogP contribution in [0.15, 0.2) is 64.4 Å². The lowest BCUT2D eigenvalue weighted by Gasteiger charge is -2.16. The molecule has 132 valence electrons. The van der Waals surface area contributed by atoms with E-state index in [1.54, 1.807) is 29.8 Å². The van der Waals surface area contributed by atoms with Gasteiger partial charge in [-0.3, -0.25) is 9.88 Å². The van der Waals surface area contributed by atoms with Gasteiger partial charge >= 0.3 is 0 Å². The predicted molar refractivity (Wildman–Crippen MR) is 103 cm³/mol. The Bertz CT molecular complexity index is 1050. The first-order valence-corrected chi connectivity index (χ1v) is 11.1. The SMILES string of the molecule is O=S1(=O)c2ccc(-c3ccncc3)cc2[C@H]2CN(Cc3ccsc3)C[C@H]21. The lowest BCUT2D eigenvalue weighted by Crippen LogP contribution is -2.25. The predicted octanol–water partition coefficient (Wildman–Crippen LogP) is 3.57. The fourth-order valence-electron chi connectivity index (χ4n) is 4.22. The van der Waals surface area contributed by atoms with Crippen LogP contribution < -0.4 is 0 Å². The van der Waals surface area contributed by atoms with Gasteiger partial charge < -0.3 is 0 Å². The third kappa shape index (κ3) is 2.52. The normalized spacial score (nSPS) is 23.7. The van der Waals surface area contributed by atoms with E-state index < -0.39 is 9.84 Å². The van der Waals surface area contributed by atoms with Gasteiger partial charge in [0.05, 0.1) is 10.1 Å². The van der Waals surface area contributed by atoms with Crippen LogP contribution in [0.25, 0.3) is 11.1 Å². The molecule has 0 N–H and O–H groups in total. The Hall–Kier alpha value is -2.02. The number of pyridine rings is 1. The van der Waals surface area contributed by atoms with Crippen LogP contribution >= 0.6 is 11.3 Å². The second-order valence-corrected chi connectivity index (χ2v) is 9.92. The molecule has 0 spiro atoms. The van der Waals surface area contributed by atoms with Crippen molar-refractivity contribution in [3.05, 3.63) is 70.7 Å². The molecular formula is C20H18N2O2S2. The van der Waals surface area contributed by atoms with E-state index in [9.17, 15) is 8.42 Å². The minimum atomic E-state index is -3.25. The Morgan fingerprint density at radius 3 is 2.69 bits per heavy atom. The van der Waals surface area contributed by atoms with Crippen molar-refractivity contribution in [2.24, 2.45) is 0 Å². The van der Waals surface area contributed by atoms with Gasteiger partial charge in [0.2, 0.25) is 0 Å². The summed E-state index contributed by atoms with van der Waals surface area (Å²) >= 11 is 1.68. The summed E-state index contributed by atoms with van der Waals surface area (Å²) in [5, 5.41) is 3.89. The third-order valence-electron chi connectivity index (χ3n) is 5.46. The summed E-state index contributed by atoms with van der Waals surface area (Å²) in [6.07, 6.45) is 3.53. The van der Waals surface area contributed by atoms with Gasteiger partial charge in [-0.05, 0) is 63.3 Å². The number of rotatable bonds is 3. The van der Waals surface area contributed by atoms with Gasteiger partial charge in [0.1, 0.15) is 0 Å². The summed E-state index contributed by atoms with van der Waals surface area (Å²) in [4.78, 5) is 6.87. The summed E-state index contributed by atoms with van der Waals surface area (Å²) in [6, 6.07) is 11.8. The van der Waals surface area contributed by atoms with Crippen LogP contribution in [0.1, 0.15) is 17.0 Å². The van der Waals surface area contributed by atoms with E-state index in [1.807, 2.05) is 18.2 Å². The number of hydrogen-bond acceptors (Lipinski definition) is 5. The van der Waals surface area contributed by atoms with Gasteiger partial charge in [-0.15, -0.1) is 0 Å². The zero-order chi connectivity index (χ0) is 17.7. The van der Waals surface area contributed by atoms with Crippen LogP contribution in [0, 0.1) is 0 Å². The van der Waals surface area contributed by atoms with Gasteiger partial charge in [0.15, 0.2) is 9.84 Å². The van der Waals surface area contributed by atoms with Crippen LogP contribution in [-0.4, -0.2) is 36.6 Å². The summed E-state index contributed by atoms with van der Waals surface area (Å²) < 4.78 is 26.1. The first-order valence-electron chi connectivity index (χ1n) is 8.64. The highest BCUT2D eigenvalue weighted by Crippen LogP contribution is 2.46. The molecule has 5 rings (SSSR count). The second-order valence-electron chi connectivity index (χ2n) is 7.00. The highest BCUT2D eigenvalue weighted by molar-refractivity contribution is 7.92. The summed E-state index contributed by atoms with van der Waals surface area (Å²) in [5.74, 6) is 0.0652. The van der Waals surface area contributed by atoms with Gasteiger partial charge in [-0.2, -0.15) is 11.3 Å².